The van der Waals surface area contributed by atoms with E-state index in [2.05, 4.69) is 0 Å². The molecule has 1 rings (SSSR count). The second kappa shape index (κ2) is 9.87. The first kappa shape index (κ1) is 20.8. The molecule has 0 saturated carbocycles. The summed E-state index contributed by atoms with van der Waals surface area (Å²) < 4.78 is 10.1. The van der Waals surface area contributed by atoms with E-state index in [1.807, 2.05) is 6.92 Å². The van der Waals surface area contributed by atoms with Gasteiger partial charge in [-0.2, -0.15) is 0 Å². The summed E-state index contributed by atoms with van der Waals surface area (Å²) in [7, 11) is 0. The lowest BCUT2D eigenvalue weighted by atomic mass is 9.99. The van der Waals surface area contributed by atoms with Gasteiger partial charge in [0.05, 0.1) is 13.2 Å². The van der Waals surface area contributed by atoms with E-state index < -0.39 is 43.3 Å². The van der Waals surface area contributed by atoms with Crippen molar-refractivity contribution in [2.24, 2.45) is 0 Å². The smallest absolute Gasteiger partial charge is 0.335 e. The van der Waals surface area contributed by atoms with E-state index in [0.717, 1.165) is 5.57 Å². The summed E-state index contributed by atoms with van der Waals surface area (Å²) in [5, 5.41) is 47.0. The van der Waals surface area contributed by atoms with Crippen LogP contribution in [0.4, 0.5) is 0 Å². The molecule has 24 heavy (non-hydrogen) atoms. The summed E-state index contributed by atoms with van der Waals surface area (Å²) >= 11 is 0. The van der Waals surface area contributed by atoms with Gasteiger partial charge in [-0.25, -0.2) is 4.79 Å². The molecule has 5 N–H and O–H groups in total. The van der Waals surface area contributed by atoms with Crippen molar-refractivity contribution in [2.75, 3.05) is 13.2 Å². The fraction of sp³-hybridized carbons (Fsp3) is 0.688. The van der Waals surface area contributed by atoms with E-state index in [1.54, 1.807) is 12.2 Å². The number of rotatable bonds is 7. The van der Waals surface area contributed by atoms with Crippen molar-refractivity contribution in [1.82, 2.24) is 0 Å². The summed E-state index contributed by atoms with van der Waals surface area (Å²) in [5.41, 5.74) is 1.28. The van der Waals surface area contributed by atoms with Gasteiger partial charge >= 0.3 is 5.97 Å². The van der Waals surface area contributed by atoms with Crippen LogP contribution < -0.4 is 0 Å². The summed E-state index contributed by atoms with van der Waals surface area (Å²) in [5.74, 6) is -0.733. The Hall–Kier alpha value is -1.29. The summed E-state index contributed by atoms with van der Waals surface area (Å²) in [4.78, 5) is 12.0. The van der Waals surface area contributed by atoms with Gasteiger partial charge in [0.1, 0.15) is 24.4 Å². The van der Waals surface area contributed by atoms with Gasteiger partial charge < -0.3 is 35.0 Å². The fourth-order valence-corrected chi connectivity index (χ4v) is 2.22. The van der Waals surface area contributed by atoms with E-state index in [0.29, 0.717) is 18.4 Å². The topological polar surface area (TPSA) is 137 Å². The van der Waals surface area contributed by atoms with Crippen LogP contribution in [-0.4, -0.2) is 75.4 Å². The molecule has 0 bridgehead atoms. The number of carbonyl (C=O) groups is 1. The molecule has 0 aromatic carbocycles. The Bertz CT molecular complexity index is 471. The van der Waals surface area contributed by atoms with E-state index >= 15 is 0 Å². The van der Waals surface area contributed by atoms with E-state index in [-0.39, 0.29) is 6.61 Å². The van der Waals surface area contributed by atoms with Crippen LogP contribution in [-0.2, 0) is 14.3 Å². The average molecular weight is 346 g/mol. The lowest BCUT2D eigenvalue weighted by Crippen LogP contribution is -2.59. The maximum absolute atomic E-state index is 12.0. The van der Waals surface area contributed by atoms with Crippen LogP contribution in [0.2, 0.25) is 0 Å². The first-order chi connectivity index (χ1) is 11.3. The van der Waals surface area contributed by atoms with Crippen LogP contribution in [0.25, 0.3) is 0 Å². The number of ether oxygens (including phenoxy) is 2. The Morgan fingerprint density at radius 2 is 1.75 bits per heavy atom. The molecule has 138 valence electrons. The standard InChI is InChI=1S/C16H26O8/c1-9(6-7-17)4-3-5-10(2)15(22)24-16-14(21)13(20)12(19)11(8-18)23-16/h5-6,11-14,16-21H,3-4,7-8H2,1-2H3/b9-6+,10-5+/t11-,12-,13+,14-,16-/m1/s1. The first-order valence-corrected chi connectivity index (χ1v) is 7.76. The minimum atomic E-state index is -1.62. The largest absolute Gasteiger partial charge is 0.429 e. The van der Waals surface area contributed by atoms with Crippen molar-refractivity contribution in [3.05, 3.63) is 23.3 Å². The van der Waals surface area contributed by atoms with Gasteiger partial charge in [0.15, 0.2) is 0 Å². The number of hydrogen-bond donors (Lipinski definition) is 5. The summed E-state index contributed by atoms with van der Waals surface area (Å²) in [6.45, 7) is 2.78. The predicted octanol–water partition coefficient (Wildman–Crippen LogP) is -1.01. The number of esters is 1. The lowest BCUT2D eigenvalue weighted by molar-refractivity contribution is -0.291. The first-order valence-electron chi connectivity index (χ1n) is 7.76. The SMILES string of the molecule is C/C(=C\CO)CC/C=C(\C)C(=O)O[C@H]1O[C@H](CO)[C@@H](O)[C@H](O)[C@H]1O. The molecule has 8 heteroatoms. The Morgan fingerprint density at radius 3 is 2.33 bits per heavy atom. The molecule has 0 amide bonds. The zero-order valence-electron chi connectivity index (χ0n) is 13.8. The minimum absolute atomic E-state index is 0.0340. The minimum Gasteiger partial charge on any atom is -0.429 e. The Morgan fingerprint density at radius 1 is 1.08 bits per heavy atom. The van der Waals surface area contributed by atoms with Crippen molar-refractivity contribution >= 4 is 5.97 Å². The Balaban J connectivity index is 2.60. The van der Waals surface area contributed by atoms with Gasteiger partial charge in [0, 0.05) is 5.57 Å². The quantitative estimate of drug-likeness (QED) is 0.225. The average Bonchev–Trinajstić information content (AvgIpc) is 2.55. The maximum atomic E-state index is 12.0. The zero-order chi connectivity index (χ0) is 18.3. The van der Waals surface area contributed by atoms with Crippen LogP contribution in [0.3, 0.4) is 0 Å². The molecule has 0 radical (unpaired) electrons. The van der Waals surface area contributed by atoms with E-state index in [9.17, 15) is 20.1 Å². The number of aliphatic hydroxyl groups is 5. The molecule has 1 saturated heterocycles. The molecule has 5 atom stereocenters. The summed E-state index contributed by atoms with van der Waals surface area (Å²) in [6, 6.07) is 0. The van der Waals surface area contributed by atoms with E-state index in [1.165, 1.54) is 6.92 Å². The highest BCUT2D eigenvalue weighted by Crippen LogP contribution is 2.22. The molecule has 0 spiro atoms. The molecule has 0 aromatic heterocycles. The third-order valence-corrected chi connectivity index (χ3v) is 3.82. The molecule has 1 aliphatic rings. The van der Waals surface area contributed by atoms with Crippen LogP contribution in [0.1, 0.15) is 26.7 Å². The summed E-state index contributed by atoms with van der Waals surface area (Å²) in [6.07, 6.45) is -2.75. The molecule has 0 aliphatic carbocycles. The zero-order valence-corrected chi connectivity index (χ0v) is 13.8. The Kier molecular flexibility index (Phi) is 8.54. The Labute approximate surface area is 140 Å². The highest BCUT2D eigenvalue weighted by atomic mass is 16.7. The van der Waals surface area contributed by atoms with Crippen LogP contribution in [0, 0.1) is 0 Å². The molecule has 1 fully saturated rings. The molecule has 1 heterocycles. The van der Waals surface area contributed by atoms with Gasteiger partial charge in [-0.15, -0.1) is 0 Å². The normalized spacial score (nSPS) is 31.9. The van der Waals surface area contributed by atoms with Gasteiger partial charge in [-0.1, -0.05) is 17.7 Å². The molecular weight excluding hydrogens is 320 g/mol. The highest BCUT2D eigenvalue weighted by Gasteiger charge is 2.45. The molecule has 0 aromatic rings. The van der Waals surface area contributed by atoms with Gasteiger partial charge in [-0.05, 0) is 26.7 Å². The van der Waals surface area contributed by atoms with Gasteiger partial charge in [0.25, 0.3) is 0 Å². The molecule has 1 aliphatic heterocycles. The molecule has 8 nitrogen and oxygen atoms in total. The second-order valence-corrected chi connectivity index (χ2v) is 5.76. The van der Waals surface area contributed by atoms with Crippen LogP contribution in [0.5, 0.6) is 0 Å². The fourth-order valence-electron chi connectivity index (χ4n) is 2.22. The number of carbonyl (C=O) groups excluding carboxylic acids is 1. The van der Waals surface area contributed by atoms with Gasteiger partial charge in [-0.3, -0.25) is 0 Å². The predicted molar refractivity (Wildman–Crippen MR) is 83.7 cm³/mol. The number of aliphatic hydroxyl groups excluding tert-OH is 5. The van der Waals surface area contributed by atoms with E-state index in [4.69, 9.17) is 19.7 Å². The number of allylic oxidation sites excluding steroid dienone is 2. The monoisotopic (exact) mass is 346 g/mol. The van der Waals surface area contributed by atoms with Crippen LogP contribution >= 0.6 is 0 Å². The molecule has 0 unspecified atom stereocenters. The van der Waals surface area contributed by atoms with Crippen molar-refractivity contribution in [3.8, 4) is 0 Å². The van der Waals surface area contributed by atoms with Crippen molar-refractivity contribution in [3.63, 3.8) is 0 Å². The number of hydrogen-bond acceptors (Lipinski definition) is 8. The third kappa shape index (κ3) is 5.66. The van der Waals surface area contributed by atoms with Crippen molar-refractivity contribution in [1.29, 1.82) is 0 Å². The second-order valence-electron chi connectivity index (χ2n) is 5.76. The lowest BCUT2D eigenvalue weighted by Gasteiger charge is -2.39. The van der Waals surface area contributed by atoms with Crippen molar-refractivity contribution in [2.45, 2.75) is 57.4 Å². The van der Waals surface area contributed by atoms with Gasteiger partial charge in [0.2, 0.25) is 6.29 Å². The third-order valence-electron chi connectivity index (χ3n) is 3.82. The van der Waals surface area contributed by atoms with Crippen molar-refractivity contribution < 1.29 is 39.8 Å². The van der Waals surface area contributed by atoms with Crippen LogP contribution in [0.15, 0.2) is 23.3 Å². The maximum Gasteiger partial charge on any atom is 0.335 e. The molecular formula is C16H26O8. The highest BCUT2D eigenvalue weighted by molar-refractivity contribution is 5.87.